The number of rotatable bonds is 9. The molecule has 1 heterocycles. The van der Waals surface area contributed by atoms with E-state index in [1.807, 2.05) is 39.8 Å². The molecule has 0 atom stereocenters. The third kappa shape index (κ3) is 6.22. The Bertz CT molecular complexity index is 783. The third-order valence-corrected chi connectivity index (χ3v) is 4.41. The number of hydrogen-bond donors (Lipinski definition) is 0. The fourth-order valence-corrected chi connectivity index (χ4v) is 2.97. The summed E-state index contributed by atoms with van der Waals surface area (Å²) in [5.74, 6) is 0.751. The van der Waals surface area contributed by atoms with Gasteiger partial charge in [-0.1, -0.05) is 32.9 Å². The van der Waals surface area contributed by atoms with Gasteiger partial charge in [0.2, 0.25) is 11.8 Å². The maximum absolute atomic E-state index is 13.2. The smallest absolute Gasteiger partial charge is 0.242 e. The highest BCUT2D eigenvalue weighted by atomic mass is 19.1. The van der Waals surface area contributed by atoms with Gasteiger partial charge in [-0.3, -0.25) is 9.59 Å². The van der Waals surface area contributed by atoms with Gasteiger partial charge in [-0.25, -0.2) is 4.39 Å². The Labute approximate surface area is 166 Å². The van der Waals surface area contributed by atoms with Crippen LogP contribution in [-0.2, 0) is 22.7 Å². The Morgan fingerprint density at radius 1 is 1.04 bits per heavy atom. The zero-order valence-electron chi connectivity index (χ0n) is 17.1. The number of furan rings is 1. The van der Waals surface area contributed by atoms with E-state index in [1.165, 1.54) is 12.1 Å². The van der Waals surface area contributed by atoms with Gasteiger partial charge in [-0.05, 0) is 43.2 Å². The van der Waals surface area contributed by atoms with E-state index < -0.39 is 0 Å². The summed E-state index contributed by atoms with van der Waals surface area (Å²) >= 11 is 0. The van der Waals surface area contributed by atoms with Gasteiger partial charge < -0.3 is 14.2 Å². The van der Waals surface area contributed by atoms with Crippen LogP contribution in [0, 0.1) is 18.7 Å². The van der Waals surface area contributed by atoms with Crippen molar-refractivity contribution < 1.29 is 18.4 Å². The van der Waals surface area contributed by atoms with Crippen molar-refractivity contribution in [2.45, 2.75) is 47.2 Å². The van der Waals surface area contributed by atoms with E-state index in [2.05, 4.69) is 0 Å². The molecule has 0 spiro atoms. The van der Waals surface area contributed by atoms with Crippen LogP contribution in [0.15, 0.2) is 40.8 Å². The number of hydrogen-bond acceptors (Lipinski definition) is 3. The van der Waals surface area contributed by atoms with Gasteiger partial charge in [0.15, 0.2) is 0 Å². The van der Waals surface area contributed by atoms with Crippen molar-refractivity contribution >= 4 is 11.8 Å². The lowest BCUT2D eigenvalue weighted by Crippen LogP contribution is -2.44. The van der Waals surface area contributed by atoms with Crippen LogP contribution in [0.3, 0.4) is 0 Å². The van der Waals surface area contributed by atoms with Gasteiger partial charge in [0.1, 0.15) is 17.3 Å². The van der Waals surface area contributed by atoms with E-state index in [-0.39, 0.29) is 30.1 Å². The fourth-order valence-electron chi connectivity index (χ4n) is 2.97. The Balaban J connectivity index is 2.18. The topological polar surface area (TPSA) is 53.8 Å². The molecule has 2 aromatic rings. The standard InChI is InChI=1S/C22H29FN2O3/c1-5-12-24(22(27)16(2)3)15-21(26)25(14-20-11-6-17(4)28-20)13-18-7-9-19(23)10-8-18/h6-11,16H,5,12-15H2,1-4H3. The molecule has 2 rings (SSSR count). The average Bonchev–Trinajstić information content (AvgIpc) is 3.06. The van der Waals surface area contributed by atoms with Crippen LogP contribution < -0.4 is 0 Å². The number of amides is 2. The molecule has 0 aliphatic heterocycles. The SMILES string of the molecule is CCCN(CC(=O)N(Cc1ccc(F)cc1)Cc1ccc(C)o1)C(=O)C(C)C. The average molecular weight is 388 g/mol. The predicted octanol–water partition coefficient (Wildman–Crippen LogP) is 4.15. The Hall–Kier alpha value is -2.63. The first-order valence-electron chi connectivity index (χ1n) is 9.66. The zero-order chi connectivity index (χ0) is 20.7. The molecule has 152 valence electrons. The molecule has 0 unspecified atom stereocenters. The summed E-state index contributed by atoms with van der Waals surface area (Å²) in [4.78, 5) is 28.7. The van der Waals surface area contributed by atoms with Gasteiger partial charge in [-0.15, -0.1) is 0 Å². The van der Waals surface area contributed by atoms with Gasteiger partial charge in [0, 0.05) is 19.0 Å². The molecule has 5 nitrogen and oxygen atoms in total. The van der Waals surface area contributed by atoms with E-state index >= 15 is 0 Å². The highest BCUT2D eigenvalue weighted by molar-refractivity contribution is 5.85. The molecule has 0 aliphatic carbocycles. The lowest BCUT2D eigenvalue weighted by molar-refractivity contribution is -0.143. The molecule has 1 aromatic heterocycles. The predicted molar refractivity (Wildman–Crippen MR) is 106 cm³/mol. The number of aryl methyl sites for hydroxylation is 1. The molecule has 0 saturated heterocycles. The van der Waals surface area contributed by atoms with Crippen LogP contribution in [0.25, 0.3) is 0 Å². The first-order chi connectivity index (χ1) is 13.3. The second-order valence-corrected chi connectivity index (χ2v) is 7.30. The molecule has 28 heavy (non-hydrogen) atoms. The summed E-state index contributed by atoms with van der Waals surface area (Å²) in [6.45, 7) is 8.65. The minimum atomic E-state index is -0.320. The van der Waals surface area contributed by atoms with Gasteiger partial charge in [0.05, 0.1) is 13.1 Å². The summed E-state index contributed by atoms with van der Waals surface area (Å²) < 4.78 is 18.8. The van der Waals surface area contributed by atoms with Crippen molar-refractivity contribution in [2.24, 2.45) is 5.92 Å². The lowest BCUT2D eigenvalue weighted by Gasteiger charge is -2.28. The van der Waals surface area contributed by atoms with Crippen molar-refractivity contribution in [3.8, 4) is 0 Å². The van der Waals surface area contributed by atoms with Crippen LogP contribution in [0.1, 0.15) is 44.3 Å². The van der Waals surface area contributed by atoms with Crippen LogP contribution in [0.4, 0.5) is 4.39 Å². The van der Waals surface area contributed by atoms with E-state index in [0.717, 1.165) is 17.7 Å². The molecule has 0 N–H and O–H groups in total. The van der Waals surface area contributed by atoms with Crippen molar-refractivity contribution in [3.63, 3.8) is 0 Å². The molecule has 0 bridgehead atoms. The van der Waals surface area contributed by atoms with Crippen molar-refractivity contribution in [2.75, 3.05) is 13.1 Å². The Kier molecular flexibility index (Phi) is 7.79. The van der Waals surface area contributed by atoms with E-state index in [9.17, 15) is 14.0 Å². The summed E-state index contributed by atoms with van der Waals surface area (Å²) in [7, 11) is 0. The quantitative estimate of drug-likeness (QED) is 0.648. The molecule has 0 saturated carbocycles. The second-order valence-electron chi connectivity index (χ2n) is 7.30. The van der Waals surface area contributed by atoms with Crippen molar-refractivity contribution in [3.05, 3.63) is 59.3 Å². The normalized spacial score (nSPS) is 10.9. The molecule has 0 aliphatic rings. The maximum Gasteiger partial charge on any atom is 0.242 e. The number of carbonyl (C=O) groups excluding carboxylic acids is 2. The largest absolute Gasteiger partial charge is 0.464 e. The monoisotopic (exact) mass is 388 g/mol. The zero-order valence-corrected chi connectivity index (χ0v) is 17.1. The van der Waals surface area contributed by atoms with E-state index in [1.54, 1.807) is 21.9 Å². The van der Waals surface area contributed by atoms with Gasteiger partial charge in [-0.2, -0.15) is 0 Å². The third-order valence-electron chi connectivity index (χ3n) is 4.41. The van der Waals surface area contributed by atoms with E-state index in [0.29, 0.717) is 25.4 Å². The van der Waals surface area contributed by atoms with Crippen LogP contribution in [-0.4, -0.2) is 34.7 Å². The van der Waals surface area contributed by atoms with Crippen LogP contribution in [0.2, 0.25) is 0 Å². The first kappa shape index (κ1) is 21.7. The molecule has 0 radical (unpaired) electrons. The maximum atomic E-state index is 13.2. The van der Waals surface area contributed by atoms with E-state index in [4.69, 9.17) is 4.42 Å². The Morgan fingerprint density at radius 3 is 2.25 bits per heavy atom. The summed E-state index contributed by atoms with van der Waals surface area (Å²) in [5.41, 5.74) is 0.815. The summed E-state index contributed by atoms with van der Waals surface area (Å²) in [6, 6.07) is 9.75. The number of carbonyl (C=O) groups is 2. The van der Waals surface area contributed by atoms with Gasteiger partial charge >= 0.3 is 0 Å². The van der Waals surface area contributed by atoms with Gasteiger partial charge in [0.25, 0.3) is 0 Å². The van der Waals surface area contributed by atoms with Crippen molar-refractivity contribution in [1.29, 1.82) is 0 Å². The highest BCUT2D eigenvalue weighted by Crippen LogP contribution is 2.15. The highest BCUT2D eigenvalue weighted by Gasteiger charge is 2.23. The number of nitrogens with zero attached hydrogens (tertiary/aromatic N) is 2. The van der Waals surface area contributed by atoms with Crippen LogP contribution >= 0.6 is 0 Å². The fraction of sp³-hybridized carbons (Fsp3) is 0.455. The first-order valence-corrected chi connectivity index (χ1v) is 9.66. The Morgan fingerprint density at radius 2 is 1.71 bits per heavy atom. The molecular formula is C22H29FN2O3. The second kappa shape index (κ2) is 10.1. The molecule has 0 fully saturated rings. The molecule has 2 amide bonds. The van der Waals surface area contributed by atoms with Crippen molar-refractivity contribution in [1.82, 2.24) is 9.80 Å². The summed E-state index contributed by atoms with van der Waals surface area (Å²) in [6.07, 6.45) is 0.779. The molecule has 1 aromatic carbocycles. The minimum absolute atomic E-state index is 0.0196. The molecule has 6 heteroatoms. The number of halogens is 1. The van der Waals surface area contributed by atoms with Crippen LogP contribution in [0.5, 0.6) is 0 Å². The summed E-state index contributed by atoms with van der Waals surface area (Å²) in [5, 5.41) is 0. The lowest BCUT2D eigenvalue weighted by atomic mass is 10.1. The molecular weight excluding hydrogens is 359 g/mol. The number of benzene rings is 1. The minimum Gasteiger partial charge on any atom is -0.464 e.